The summed E-state index contributed by atoms with van der Waals surface area (Å²) in [6.45, 7) is 2.93. The largest absolute Gasteiger partial charge is 0.481 e. The molecule has 0 bridgehead atoms. The van der Waals surface area contributed by atoms with Crippen molar-refractivity contribution in [3.63, 3.8) is 0 Å². The van der Waals surface area contributed by atoms with E-state index in [1.807, 2.05) is 37.3 Å². The van der Waals surface area contributed by atoms with Crippen molar-refractivity contribution in [1.29, 1.82) is 0 Å². The number of amides is 1. The number of anilines is 1. The second-order valence-corrected chi connectivity index (χ2v) is 5.29. The number of benzene rings is 1. The zero-order chi connectivity index (χ0) is 15.2. The lowest BCUT2D eigenvalue weighted by Gasteiger charge is -2.26. The van der Waals surface area contributed by atoms with Crippen molar-refractivity contribution < 1.29 is 19.4 Å². The van der Waals surface area contributed by atoms with Crippen molar-refractivity contribution in [3.8, 4) is 0 Å². The van der Waals surface area contributed by atoms with Crippen LogP contribution < -0.4 is 4.90 Å². The molecule has 1 fully saturated rings. The Bertz CT molecular complexity index is 488. The van der Waals surface area contributed by atoms with Crippen LogP contribution in [0, 0.1) is 5.92 Å². The molecule has 5 nitrogen and oxygen atoms in total. The van der Waals surface area contributed by atoms with Crippen LogP contribution >= 0.6 is 0 Å². The molecule has 0 aromatic heterocycles. The zero-order valence-electron chi connectivity index (χ0n) is 12.2. The summed E-state index contributed by atoms with van der Waals surface area (Å²) in [7, 11) is 0. The average molecular weight is 291 g/mol. The van der Waals surface area contributed by atoms with E-state index in [1.54, 1.807) is 4.90 Å². The molecular formula is C16H21NO4. The van der Waals surface area contributed by atoms with Gasteiger partial charge in [-0.3, -0.25) is 9.59 Å². The number of ether oxygens (including phenoxy) is 1. The molecule has 1 heterocycles. The van der Waals surface area contributed by atoms with E-state index in [4.69, 9.17) is 9.84 Å². The van der Waals surface area contributed by atoms with Gasteiger partial charge >= 0.3 is 5.97 Å². The van der Waals surface area contributed by atoms with Crippen LogP contribution in [-0.4, -0.2) is 36.2 Å². The molecule has 1 aromatic rings. The van der Waals surface area contributed by atoms with Crippen LogP contribution in [-0.2, 0) is 14.3 Å². The SMILES string of the molecule is CC1OCCC1C(=O)N(CCCC(=O)O)c1ccccc1. The predicted molar refractivity (Wildman–Crippen MR) is 79.2 cm³/mol. The second kappa shape index (κ2) is 7.22. The smallest absolute Gasteiger partial charge is 0.303 e. The maximum atomic E-state index is 12.7. The average Bonchev–Trinajstić information content (AvgIpc) is 2.90. The molecule has 0 saturated carbocycles. The zero-order valence-corrected chi connectivity index (χ0v) is 12.2. The number of carbonyl (C=O) groups is 2. The number of para-hydroxylation sites is 1. The second-order valence-electron chi connectivity index (χ2n) is 5.29. The van der Waals surface area contributed by atoms with Crippen molar-refractivity contribution in [2.45, 2.75) is 32.3 Å². The molecule has 0 radical (unpaired) electrons. The summed E-state index contributed by atoms with van der Waals surface area (Å²) >= 11 is 0. The molecule has 2 unspecified atom stereocenters. The molecule has 2 atom stereocenters. The summed E-state index contributed by atoms with van der Waals surface area (Å²) in [5.41, 5.74) is 0.812. The molecule has 1 aromatic carbocycles. The van der Waals surface area contributed by atoms with Crippen LogP contribution in [0.3, 0.4) is 0 Å². The fourth-order valence-electron chi connectivity index (χ4n) is 2.62. The summed E-state index contributed by atoms with van der Waals surface area (Å²) in [6.07, 6.45) is 1.15. The van der Waals surface area contributed by atoms with Crippen LogP contribution in [0.4, 0.5) is 5.69 Å². The van der Waals surface area contributed by atoms with Crippen LogP contribution in [0.2, 0.25) is 0 Å². The van der Waals surface area contributed by atoms with Gasteiger partial charge in [0, 0.05) is 25.3 Å². The lowest BCUT2D eigenvalue weighted by atomic mass is 10.0. The Labute approximate surface area is 124 Å². The van der Waals surface area contributed by atoms with Gasteiger partial charge in [0.25, 0.3) is 0 Å². The molecule has 1 aliphatic rings. The molecule has 5 heteroatoms. The number of rotatable bonds is 6. The third kappa shape index (κ3) is 4.04. The van der Waals surface area contributed by atoms with Crippen molar-refractivity contribution in [2.75, 3.05) is 18.1 Å². The van der Waals surface area contributed by atoms with Gasteiger partial charge in [-0.1, -0.05) is 18.2 Å². The van der Waals surface area contributed by atoms with Crippen LogP contribution in [0.5, 0.6) is 0 Å². The molecular weight excluding hydrogens is 270 g/mol. The lowest BCUT2D eigenvalue weighted by molar-refractivity contribution is -0.137. The molecule has 114 valence electrons. The van der Waals surface area contributed by atoms with Gasteiger partial charge in [0.05, 0.1) is 12.0 Å². The Balaban J connectivity index is 2.11. The van der Waals surface area contributed by atoms with Gasteiger partial charge in [-0.15, -0.1) is 0 Å². The Morgan fingerprint density at radius 1 is 1.33 bits per heavy atom. The number of carboxylic acid groups (broad SMARTS) is 1. The molecule has 1 saturated heterocycles. The van der Waals surface area contributed by atoms with Gasteiger partial charge in [-0.25, -0.2) is 0 Å². The quantitative estimate of drug-likeness (QED) is 0.873. The molecule has 21 heavy (non-hydrogen) atoms. The number of aliphatic carboxylic acids is 1. The highest BCUT2D eigenvalue weighted by atomic mass is 16.5. The van der Waals surface area contributed by atoms with E-state index in [1.165, 1.54) is 0 Å². The van der Waals surface area contributed by atoms with Crippen molar-refractivity contribution >= 4 is 17.6 Å². The van der Waals surface area contributed by atoms with Crippen molar-refractivity contribution in [1.82, 2.24) is 0 Å². The molecule has 0 spiro atoms. The predicted octanol–water partition coefficient (Wildman–Crippen LogP) is 2.31. The van der Waals surface area contributed by atoms with Crippen LogP contribution in [0.25, 0.3) is 0 Å². The first-order valence-corrected chi connectivity index (χ1v) is 7.29. The monoisotopic (exact) mass is 291 g/mol. The summed E-state index contributed by atoms with van der Waals surface area (Å²) in [5, 5.41) is 8.77. The normalized spacial score (nSPS) is 21.2. The Hall–Kier alpha value is -1.88. The van der Waals surface area contributed by atoms with Crippen LogP contribution in [0.1, 0.15) is 26.2 Å². The highest BCUT2D eigenvalue weighted by molar-refractivity contribution is 5.95. The van der Waals surface area contributed by atoms with E-state index < -0.39 is 5.97 Å². The minimum Gasteiger partial charge on any atom is -0.481 e. The van der Waals surface area contributed by atoms with E-state index in [9.17, 15) is 9.59 Å². The summed E-state index contributed by atoms with van der Waals surface area (Å²) in [4.78, 5) is 25.1. The summed E-state index contributed by atoms with van der Waals surface area (Å²) in [5.74, 6) is -0.959. The minimum atomic E-state index is -0.840. The number of carbonyl (C=O) groups excluding carboxylic acids is 1. The number of hydrogen-bond donors (Lipinski definition) is 1. The third-order valence-electron chi connectivity index (χ3n) is 3.80. The van der Waals surface area contributed by atoms with Gasteiger partial charge in [0.15, 0.2) is 0 Å². The Morgan fingerprint density at radius 3 is 2.62 bits per heavy atom. The molecule has 0 aliphatic carbocycles. The van der Waals surface area contributed by atoms with Gasteiger partial charge in [0.1, 0.15) is 0 Å². The minimum absolute atomic E-state index is 0.0246. The van der Waals surface area contributed by atoms with E-state index in [0.717, 1.165) is 12.1 Å². The third-order valence-corrected chi connectivity index (χ3v) is 3.80. The summed E-state index contributed by atoms with van der Waals surface area (Å²) < 4.78 is 5.47. The van der Waals surface area contributed by atoms with E-state index >= 15 is 0 Å². The van der Waals surface area contributed by atoms with E-state index in [0.29, 0.717) is 19.6 Å². The first kappa shape index (κ1) is 15.5. The Morgan fingerprint density at radius 2 is 2.05 bits per heavy atom. The lowest BCUT2D eigenvalue weighted by Crippen LogP contribution is -2.39. The van der Waals surface area contributed by atoms with Crippen LogP contribution in [0.15, 0.2) is 30.3 Å². The fourth-order valence-corrected chi connectivity index (χ4v) is 2.62. The standard InChI is InChI=1S/C16H21NO4/c1-12-14(9-11-21-12)16(20)17(10-5-8-15(18)19)13-6-3-2-4-7-13/h2-4,6-7,12,14H,5,8-11H2,1H3,(H,18,19). The maximum absolute atomic E-state index is 12.7. The number of nitrogens with zero attached hydrogens (tertiary/aromatic N) is 1. The maximum Gasteiger partial charge on any atom is 0.303 e. The van der Waals surface area contributed by atoms with Gasteiger partial charge in [-0.2, -0.15) is 0 Å². The van der Waals surface area contributed by atoms with Gasteiger partial charge < -0.3 is 14.7 Å². The van der Waals surface area contributed by atoms with E-state index in [2.05, 4.69) is 0 Å². The summed E-state index contributed by atoms with van der Waals surface area (Å²) in [6, 6.07) is 9.39. The van der Waals surface area contributed by atoms with Crippen molar-refractivity contribution in [2.24, 2.45) is 5.92 Å². The fraction of sp³-hybridized carbons (Fsp3) is 0.500. The van der Waals surface area contributed by atoms with E-state index in [-0.39, 0.29) is 24.3 Å². The van der Waals surface area contributed by atoms with Gasteiger partial charge in [-0.05, 0) is 31.9 Å². The Kier molecular flexibility index (Phi) is 5.33. The topological polar surface area (TPSA) is 66.8 Å². The number of carboxylic acids is 1. The molecule has 1 aliphatic heterocycles. The highest BCUT2D eigenvalue weighted by Crippen LogP contribution is 2.26. The first-order chi connectivity index (χ1) is 10.1. The number of hydrogen-bond acceptors (Lipinski definition) is 3. The molecule has 1 amide bonds. The molecule has 1 N–H and O–H groups in total. The molecule has 2 rings (SSSR count). The first-order valence-electron chi connectivity index (χ1n) is 7.29. The van der Waals surface area contributed by atoms with Gasteiger partial charge in [0.2, 0.25) is 5.91 Å². The van der Waals surface area contributed by atoms with Crippen molar-refractivity contribution in [3.05, 3.63) is 30.3 Å². The highest BCUT2D eigenvalue weighted by Gasteiger charge is 2.34.